The lowest BCUT2D eigenvalue weighted by Gasteiger charge is -2.32. The van der Waals surface area contributed by atoms with E-state index in [1.807, 2.05) is 60.7 Å². The molecule has 0 spiro atoms. The monoisotopic (exact) mass is 445 g/mol. The first-order valence-electron chi connectivity index (χ1n) is 11.4. The van der Waals surface area contributed by atoms with Gasteiger partial charge in [0.1, 0.15) is 5.75 Å². The highest BCUT2D eigenvalue weighted by atomic mass is 16.5. The maximum absolute atomic E-state index is 12.4. The average Bonchev–Trinajstić information content (AvgIpc) is 2.84. The Kier molecular flexibility index (Phi) is 7.19. The van der Waals surface area contributed by atoms with Gasteiger partial charge in [0.05, 0.1) is 5.69 Å². The van der Waals surface area contributed by atoms with E-state index in [1.165, 1.54) is 5.56 Å². The van der Waals surface area contributed by atoms with Gasteiger partial charge in [-0.1, -0.05) is 38.1 Å². The lowest BCUT2D eigenvalue weighted by atomic mass is 10.0. The van der Waals surface area contributed by atoms with Crippen LogP contribution in [-0.2, 0) is 4.79 Å². The highest BCUT2D eigenvalue weighted by Crippen LogP contribution is 2.23. The molecule has 0 atom stereocenters. The van der Waals surface area contributed by atoms with Crippen molar-refractivity contribution in [2.45, 2.75) is 19.8 Å². The van der Waals surface area contributed by atoms with Crippen LogP contribution in [0.2, 0.25) is 0 Å². The number of aromatic nitrogens is 2. The molecule has 1 N–H and O–H groups in total. The quantitative estimate of drug-likeness (QED) is 0.592. The second-order valence-electron chi connectivity index (χ2n) is 8.71. The first-order chi connectivity index (χ1) is 16.0. The topological polar surface area (TPSA) is 70.6 Å². The third kappa shape index (κ3) is 6.08. The van der Waals surface area contributed by atoms with E-state index in [0.29, 0.717) is 17.4 Å². The number of piperazine rings is 1. The van der Waals surface area contributed by atoms with E-state index in [0.717, 1.165) is 43.3 Å². The maximum Gasteiger partial charge on any atom is 0.262 e. The van der Waals surface area contributed by atoms with Crippen molar-refractivity contribution in [2.75, 3.05) is 50.1 Å². The van der Waals surface area contributed by atoms with Crippen molar-refractivity contribution in [3.8, 4) is 17.0 Å². The van der Waals surface area contributed by atoms with Gasteiger partial charge < -0.3 is 19.9 Å². The number of carbonyl (C=O) groups excluding carboxylic acids is 1. The molecule has 172 valence electrons. The summed E-state index contributed by atoms with van der Waals surface area (Å²) in [6, 6.07) is 19.4. The Morgan fingerprint density at radius 2 is 1.76 bits per heavy atom. The second kappa shape index (κ2) is 10.4. The highest BCUT2D eigenvalue weighted by molar-refractivity contribution is 5.92. The van der Waals surface area contributed by atoms with Crippen LogP contribution < -0.4 is 15.0 Å². The molecule has 1 aliphatic heterocycles. The molecule has 1 aliphatic rings. The average molecular weight is 446 g/mol. The molecule has 2 heterocycles. The molecular formula is C26H31N5O2. The molecule has 0 bridgehead atoms. The van der Waals surface area contributed by atoms with Gasteiger partial charge in [0, 0.05) is 37.4 Å². The number of hydrogen-bond acceptors (Lipinski definition) is 6. The lowest BCUT2D eigenvalue weighted by molar-refractivity contribution is -0.118. The van der Waals surface area contributed by atoms with Gasteiger partial charge in [0.15, 0.2) is 12.4 Å². The molecule has 7 heteroatoms. The summed E-state index contributed by atoms with van der Waals surface area (Å²) >= 11 is 0. The summed E-state index contributed by atoms with van der Waals surface area (Å²) in [6.07, 6.45) is 0. The van der Waals surface area contributed by atoms with Gasteiger partial charge in [-0.2, -0.15) is 0 Å². The van der Waals surface area contributed by atoms with Gasteiger partial charge in [-0.3, -0.25) is 4.79 Å². The standard InChI is InChI=1S/C26H31N5O2/c1-19(2)20-7-9-23(10-8-20)33-18-26(32)27-22-6-4-5-21(17-22)24-11-12-25(29-28-24)31-15-13-30(3)14-16-31/h4-12,17,19H,13-16,18H2,1-3H3,(H,27,32). The number of amides is 1. The maximum atomic E-state index is 12.4. The number of carbonyl (C=O) groups is 1. The Hall–Kier alpha value is -3.45. The van der Waals surface area contributed by atoms with Gasteiger partial charge in [-0.05, 0) is 54.9 Å². The molecule has 1 fully saturated rings. The van der Waals surface area contributed by atoms with E-state index in [-0.39, 0.29) is 12.5 Å². The fraction of sp³-hybridized carbons (Fsp3) is 0.346. The number of rotatable bonds is 7. The van der Waals surface area contributed by atoms with Gasteiger partial charge in [0.2, 0.25) is 0 Å². The predicted octanol–water partition coefficient (Wildman–Crippen LogP) is 4.04. The minimum atomic E-state index is -0.211. The molecule has 3 aromatic rings. The number of nitrogens with one attached hydrogen (secondary N) is 1. The fourth-order valence-corrected chi connectivity index (χ4v) is 3.73. The fourth-order valence-electron chi connectivity index (χ4n) is 3.73. The summed E-state index contributed by atoms with van der Waals surface area (Å²) in [6.45, 7) is 8.20. The van der Waals surface area contributed by atoms with Crippen molar-refractivity contribution in [2.24, 2.45) is 0 Å². The summed E-state index contributed by atoms with van der Waals surface area (Å²) in [5.74, 6) is 1.83. The normalized spacial score (nSPS) is 14.4. The van der Waals surface area contributed by atoms with Crippen molar-refractivity contribution in [3.63, 3.8) is 0 Å². The molecule has 7 nitrogen and oxygen atoms in total. The molecule has 0 radical (unpaired) electrons. The Labute approximate surface area is 195 Å². The summed E-state index contributed by atoms with van der Waals surface area (Å²) in [5.41, 5.74) is 3.60. The zero-order valence-corrected chi connectivity index (χ0v) is 19.5. The van der Waals surface area contributed by atoms with Crippen LogP contribution >= 0.6 is 0 Å². The minimum Gasteiger partial charge on any atom is -0.484 e. The summed E-state index contributed by atoms with van der Waals surface area (Å²) < 4.78 is 5.63. The molecule has 1 saturated heterocycles. The van der Waals surface area contributed by atoms with Gasteiger partial charge >= 0.3 is 0 Å². The van der Waals surface area contributed by atoms with E-state index in [4.69, 9.17) is 4.74 Å². The van der Waals surface area contributed by atoms with E-state index >= 15 is 0 Å². The van der Waals surface area contributed by atoms with Crippen molar-refractivity contribution in [3.05, 3.63) is 66.2 Å². The van der Waals surface area contributed by atoms with Gasteiger partial charge in [-0.15, -0.1) is 10.2 Å². The van der Waals surface area contributed by atoms with E-state index < -0.39 is 0 Å². The van der Waals surface area contributed by atoms with Crippen LogP contribution in [0.25, 0.3) is 11.3 Å². The molecule has 2 aromatic carbocycles. The Morgan fingerprint density at radius 1 is 1.00 bits per heavy atom. The molecule has 1 amide bonds. The molecule has 0 saturated carbocycles. The number of anilines is 2. The first-order valence-corrected chi connectivity index (χ1v) is 11.4. The van der Waals surface area contributed by atoms with E-state index in [2.05, 4.69) is 46.2 Å². The molecule has 4 rings (SSSR count). The van der Waals surface area contributed by atoms with E-state index in [9.17, 15) is 4.79 Å². The Bertz CT molecular complexity index is 1060. The molecule has 33 heavy (non-hydrogen) atoms. The van der Waals surface area contributed by atoms with Crippen LogP contribution in [0.5, 0.6) is 5.75 Å². The third-order valence-corrected chi connectivity index (χ3v) is 5.84. The Balaban J connectivity index is 1.34. The number of nitrogens with zero attached hydrogens (tertiary/aromatic N) is 4. The molecule has 0 aliphatic carbocycles. The zero-order chi connectivity index (χ0) is 23.2. The predicted molar refractivity (Wildman–Crippen MR) is 132 cm³/mol. The number of ether oxygens (including phenoxy) is 1. The van der Waals surface area contributed by atoms with Gasteiger partial charge in [-0.25, -0.2) is 0 Å². The lowest BCUT2D eigenvalue weighted by Crippen LogP contribution is -2.44. The van der Waals surface area contributed by atoms with Crippen LogP contribution in [0.1, 0.15) is 25.3 Å². The van der Waals surface area contributed by atoms with Crippen molar-refractivity contribution >= 4 is 17.4 Å². The first kappa shape index (κ1) is 22.7. The highest BCUT2D eigenvalue weighted by Gasteiger charge is 2.16. The summed E-state index contributed by atoms with van der Waals surface area (Å²) in [5, 5.41) is 11.7. The van der Waals surface area contributed by atoms with Crippen molar-refractivity contribution < 1.29 is 9.53 Å². The van der Waals surface area contributed by atoms with Crippen LogP contribution in [-0.4, -0.2) is 60.8 Å². The second-order valence-corrected chi connectivity index (χ2v) is 8.71. The minimum absolute atomic E-state index is 0.0508. The molecule has 1 aromatic heterocycles. The largest absolute Gasteiger partial charge is 0.484 e. The summed E-state index contributed by atoms with van der Waals surface area (Å²) in [7, 11) is 2.13. The van der Waals surface area contributed by atoms with E-state index in [1.54, 1.807) is 0 Å². The molecular weight excluding hydrogens is 414 g/mol. The summed E-state index contributed by atoms with van der Waals surface area (Å²) in [4.78, 5) is 16.9. The van der Waals surface area contributed by atoms with Crippen LogP contribution in [0, 0.1) is 0 Å². The number of hydrogen-bond donors (Lipinski definition) is 1. The van der Waals surface area contributed by atoms with Gasteiger partial charge in [0.25, 0.3) is 5.91 Å². The smallest absolute Gasteiger partial charge is 0.262 e. The van der Waals surface area contributed by atoms with Crippen LogP contribution in [0.15, 0.2) is 60.7 Å². The molecule has 0 unspecified atom stereocenters. The van der Waals surface area contributed by atoms with Crippen molar-refractivity contribution in [1.29, 1.82) is 0 Å². The van der Waals surface area contributed by atoms with Crippen LogP contribution in [0.3, 0.4) is 0 Å². The third-order valence-electron chi connectivity index (χ3n) is 5.84. The number of likely N-dealkylation sites (N-methyl/N-ethyl adjacent to an activating group) is 1. The number of benzene rings is 2. The zero-order valence-electron chi connectivity index (χ0n) is 19.5. The van der Waals surface area contributed by atoms with Crippen LogP contribution in [0.4, 0.5) is 11.5 Å². The van der Waals surface area contributed by atoms with Crippen molar-refractivity contribution in [1.82, 2.24) is 15.1 Å². The Morgan fingerprint density at radius 3 is 2.42 bits per heavy atom. The SMILES string of the molecule is CC(C)c1ccc(OCC(=O)Nc2cccc(-c3ccc(N4CCN(C)CC4)nn3)c2)cc1.